The molecule has 0 spiro atoms. The van der Waals surface area contributed by atoms with Crippen LogP contribution in [0.15, 0.2) is 0 Å². The first-order valence-corrected chi connectivity index (χ1v) is 4.77. The predicted octanol–water partition coefficient (Wildman–Crippen LogP) is -0.146. The zero-order valence-electron chi connectivity index (χ0n) is 8.73. The molecule has 0 bridgehead atoms. The second-order valence-electron chi connectivity index (χ2n) is 2.80. The van der Waals surface area contributed by atoms with E-state index in [4.69, 9.17) is 18.9 Å². The number of hydrogen-bond acceptors (Lipinski definition) is 6. The van der Waals surface area contributed by atoms with Gasteiger partial charge in [0.05, 0.1) is 13.2 Å². The minimum absolute atomic E-state index is 0.104. The summed E-state index contributed by atoms with van der Waals surface area (Å²) in [5.41, 5.74) is 0. The fourth-order valence-electron chi connectivity index (χ4n) is 1.19. The van der Waals surface area contributed by atoms with Crippen LogP contribution in [0.2, 0.25) is 0 Å². The van der Waals surface area contributed by atoms with Crippen LogP contribution in [-0.4, -0.2) is 44.2 Å². The van der Waals surface area contributed by atoms with Gasteiger partial charge in [-0.05, 0) is 13.8 Å². The fourth-order valence-corrected chi connectivity index (χ4v) is 1.19. The Morgan fingerprint density at radius 3 is 1.80 bits per heavy atom. The van der Waals surface area contributed by atoms with Crippen molar-refractivity contribution in [1.82, 2.24) is 0 Å². The molecule has 1 saturated heterocycles. The minimum Gasteiger partial charge on any atom is -0.464 e. The van der Waals surface area contributed by atoms with Crippen LogP contribution in [0.3, 0.4) is 0 Å². The molecule has 0 radical (unpaired) electrons. The van der Waals surface area contributed by atoms with Gasteiger partial charge in [0.25, 0.3) is 0 Å². The van der Waals surface area contributed by atoms with Gasteiger partial charge in [-0.1, -0.05) is 0 Å². The largest absolute Gasteiger partial charge is 0.464 e. The SMILES string of the molecule is CCOC(=O)C1OCOC1C(=O)OCC. The molecule has 0 amide bonds. The second-order valence-corrected chi connectivity index (χ2v) is 2.80. The third-order valence-corrected chi connectivity index (χ3v) is 1.81. The highest BCUT2D eigenvalue weighted by Gasteiger charge is 2.42. The van der Waals surface area contributed by atoms with Gasteiger partial charge < -0.3 is 18.9 Å². The van der Waals surface area contributed by atoms with Crippen LogP contribution in [-0.2, 0) is 28.5 Å². The van der Waals surface area contributed by atoms with Crippen molar-refractivity contribution in [1.29, 1.82) is 0 Å². The molecule has 1 heterocycles. The van der Waals surface area contributed by atoms with Gasteiger partial charge in [-0.3, -0.25) is 0 Å². The van der Waals surface area contributed by atoms with Gasteiger partial charge >= 0.3 is 11.9 Å². The van der Waals surface area contributed by atoms with E-state index >= 15 is 0 Å². The standard InChI is InChI=1S/C9H14O6/c1-3-12-8(10)6-7(15-5-14-6)9(11)13-4-2/h6-7H,3-5H2,1-2H3. The van der Waals surface area contributed by atoms with Gasteiger partial charge in [0, 0.05) is 0 Å². The van der Waals surface area contributed by atoms with Gasteiger partial charge in [-0.25, -0.2) is 9.59 Å². The van der Waals surface area contributed by atoms with Crippen molar-refractivity contribution < 1.29 is 28.5 Å². The second kappa shape index (κ2) is 5.67. The normalized spacial score (nSPS) is 24.9. The van der Waals surface area contributed by atoms with Crippen molar-refractivity contribution in [3.63, 3.8) is 0 Å². The molecule has 0 N–H and O–H groups in total. The minimum atomic E-state index is -1.01. The molecule has 6 nitrogen and oxygen atoms in total. The Kier molecular flexibility index (Phi) is 4.51. The summed E-state index contributed by atoms with van der Waals surface area (Å²) in [4.78, 5) is 22.7. The first kappa shape index (κ1) is 11.9. The van der Waals surface area contributed by atoms with E-state index in [1.54, 1.807) is 13.8 Å². The van der Waals surface area contributed by atoms with Gasteiger partial charge in [-0.15, -0.1) is 0 Å². The maximum atomic E-state index is 11.3. The molecule has 1 aliphatic heterocycles. The molecule has 1 rings (SSSR count). The highest BCUT2D eigenvalue weighted by Crippen LogP contribution is 2.15. The quantitative estimate of drug-likeness (QED) is 0.611. The molecule has 2 unspecified atom stereocenters. The van der Waals surface area contributed by atoms with Gasteiger partial charge in [0.1, 0.15) is 6.79 Å². The maximum Gasteiger partial charge on any atom is 0.338 e. The molecule has 2 atom stereocenters. The van der Waals surface area contributed by atoms with Crippen LogP contribution in [0.1, 0.15) is 13.8 Å². The molecule has 0 aliphatic carbocycles. The number of ether oxygens (including phenoxy) is 4. The van der Waals surface area contributed by atoms with Crippen LogP contribution < -0.4 is 0 Å². The highest BCUT2D eigenvalue weighted by atomic mass is 16.7. The van der Waals surface area contributed by atoms with E-state index in [9.17, 15) is 9.59 Å². The van der Waals surface area contributed by atoms with Crippen LogP contribution in [0, 0.1) is 0 Å². The molecular weight excluding hydrogens is 204 g/mol. The molecular formula is C9H14O6. The third kappa shape index (κ3) is 2.90. The topological polar surface area (TPSA) is 71.1 Å². The number of carbonyl (C=O) groups is 2. The van der Waals surface area contributed by atoms with E-state index < -0.39 is 24.1 Å². The van der Waals surface area contributed by atoms with Crippen molar-refractivity contribution >= 4 is 11.9 Å². The number of hydrogen-bond donors (Lipinski definition) is 0. The van der Waals surface area contributed by atoms with Crippen molar-refractivity contribution in [2.45, 2.75) is 26.1 Å². The third-order valence-electron chi connectivity index (χ3n) is 1.81. The highest BCUT2D eigenvalue weighted by molar-refractivity contribution is 5.86. The van der Waals surface area contributed by atoms with Gasteiger partial charge in [0.2, 0.25) is 0 Å². The van der Waals surface area contributed by atoms with E-state index in [1.807, 2.05) is 0 Å². The van der Waals surface area contributed by atoms with Gasteiger partial charge in [0.15, 0.2) is 12.2 Å². The lowest BCUT2D eigenvalue weighted by molar-refractivity contribution is -0.163. The van der Waals surface area contributed by atoms with E-state index in [0.29, 0.717) is 0 Å². The summed E-state index contributed by atoms with van der Waals surface area (Å²) in [7, 11) is 0. The van der Waals surface area contributed by atoms with Gasteiger partial charge in [-0.2, -0.15) is 0 Å². The lowest BCUT2D eigenvalue weighted by atomic mass is 10.2. The van der Waals surface area contributed by atoms with Crippen LogP contribution in [0.25, 0.3) is 0 Å². The first-order valence-electron chi connectivity index (χ1n) is 4.77. The fraction of sp³-hybridized carbons (Fsp3) is 0.778. The van der Waals surface area contributed by atoms with Crippen molar-refractivity contribution in [3.05, 3.63) is 0 Å². The predicted molar refractivity (Wildman–Crippen MR) is 47.9 cm³/mol. The van der Waals surface area contributed by atoms with E-state index in [-0.39, 0.29) is 20.0 Å². The monoisotopic (exact) mass is 218 g/mol. The summed E-state index contributed by atoms with van der Waals surface area (Å²) in [6.45, 7) is 3.70. The van der Waals surface area contributed by atoms with Crippen LogP contribution in [0.4, 0.5) is 0 Å². The van der Waals surface area contributed by atoms with Crippen molar-refractivity contribution in [2.24, 2.45) is 0 Å². The lowest BCUT2D eigenvalue weighted by Gasteiger charge is -2.13. The first-order chi connectivity index (χ1) is 7.20. The Bertz CT molecular complexity index is 215. The molecule has 0 aromatic carbocycles. The molecule has 1 fully saturated rings. The van der Waals surface area contributed by atoms with Crippen molar-refractivity contribution in [2.75, 3.05) is 20.0 Å². The number of esters is 2. The maximum absolute atomic E-state index is 11.3. The molecule has 0 saturated carbocycles. The zero-order valence-corrected chi connectivity index (χ0v) is 8.73. The number of rotatable bonds is 4. The Hall–Kier alpha value is -1.14. The average molecular weight is 218 g/mol. The smallest absolute Gasteiger partial charge is 0.338 e. The average Bonchev–Trinajstić information content (AvgIpc) is 2.66. The van der Waals surface area contributed by atoms with E-state index in [2.05, 4.69) is 0 Å². The van der Waals surface area contributed by atoms with Crippen molar-refractivity contribution in [3.8, 4) is 0 Å². The molecule has 86 valence electrons. The zero-order chi connectivity index (χ0) is 11.3. The molecule has 0 aromatic heterocycles. The summed E-state index contributed by atoms with van der Waals surface area (Å²) in [6, 6.07) is 0. The Morgan fingerprint density at radius 2 is 1.47 bits per heavy atom. The summed E-state index contributed by atoms with van der Waals surface area (Å²) < 4.78 is 19.4. The van der Waals surface area contributed by atoms with Crippen LogP contribution in [0.5, 0.6) is 0 Å². The summed E-state index contributed by atoms with van der Waals surface area (Å²) in [5, 5.41) is 0. The number of carbonyl (C=O) groups excluding carboxylic acids is 2. The van der Waals surface area contributed by atoms with E-state index in [1.165, 1.54) is 0 Å². The Balaban J connectivity index is 2.56. The molecule has 15 heavy (non-hydrogen) atoms. The summed E-state index contributed by atoms with van der Waals surface area (Å²) >= 11 is 0. The summed E-state index contributed by atoms with van der Waals surface area (Å²) in [6.07, 6.45) is -2.02. The summed E-state index contributed by atoms with van der Waals surface area (Å²) in [5.74, 6) is -1.21. The Labute approximate surface area is 87.4 Å². The van der Waals surface area contributed by atoms with Crippen LogP contribution >= 0.6 is 0 Å². The lowest BCUT2D eigenvalue weighted by Crippen LogP contribution is -2.39. The Morgan fingerprint density at radius 1 is 1.07 bits per heavy atom. The molecule has 0 aromatic rings. The molecule has 6 heteroatoms. The van der Waals surface area contributed by atoms with E-state index in [0.717, 1.165) is 0 Å². The molecule has 1 aliphatic rings.